The number of anilines is 1. The third-order valence-corrected chi connectivity index (χ3v) is 6.42. The molecule has 0 spiro atoms. The van der Waals surface area contributed by atoms with Crippen LogP contribution in [0, 0.1) is 11.6 Å². The second-order valence-electron chi connectivity index (χ2n) is 8.79. The van der Waals surface area contributed by atoms with Gasteiger partial charge in [0, 0.05) is 34.8 Å². The van der Waals surface area contributed by atoms with Gasteiger partial charge in [-0.2, -0.15) is 5.10 Å². The summed E-state index contributed by atoms with van der Waals surface area (Å²) in [6.07, 6.45) is 3.06. The molecule has 0 aliphatic heterocycles. The minimum absolute atomic E-state index is 0.147. The summed E-state index contributed by atoms with van der Waals surface area (Å²) >= 11 is 6.24. The molecule has 202 valence electrons. The molecule has 5 aromatic rings. The number of rotatable bonds is 8. The maximum atomic E-state index is 13.6. The lowest BCUT2D eigenvalue weighted by atomic mass is 10.0. The van der Waals surface area contributed by atoms with E-state index in [1.54, 1.807) is 42.6 Å². The van der Waals surface area contributed by atoms with Crippen molar-refractivity contribution in [3.05, 3.63) is 124 Å². The number of hydrazine groups is 1. The van der Waals surface area contributed by atoms with Crippen LogP contribution in [0.15, 0.2) is 99.4 Å². The standard InChI is InChI=1S/C28H22ClF2N7O2/c29-20-5-10-24(38(33)16-34-32)23(15-20)19-11-12-37(26(39)14-19)25(13-17-1-6-21(30)7-2-17)28-36-35-27(40-28)18-3-8-22(31)9-4-18/h1-12,14-16,25H,13,32-33H2/b34-16-. The summed E-state index contributed by atoms with van der Waals surface area (Å²) in [5.74, 6) is 10.8. The molecule has 0 amide bonds. The number of hydrazone groups is 1. The van der Waals surface area contributed by atoms with Gasteiger partial charge in [-0.15, -0.1) is 10.2 Å². The normalized spacial score (nSPS) is 12.1. The first kappa shape index (κ1) is 26.7. The molecule has 2 aromatic heterocycles. The fraction of sp³-hybridized carbons (Fsp3) is 0.0714. The van der Waals surface area contributed by atoms with Crippen LogP contribution < -0.4 is 22.3 Å². The van der Waals surface area contributed by atoms with Gasteiger partial charge in [0.2, 0.25) is 11.8 Å². The first-order chi connectivity index (χ1) is 19.3. The third kappa shape index (κ3) is 5.75. The largest absolute Gasteiger partial charge is 0.418 e. The maximum Gasteiger partial charge on any atom is 0.251 e. The summed E-state index contributed by atoms with van der Waals surface area (Å²) < 4.78 is 34.3. The SMILES string of the molecule is N/N=C\N(N)c1ccc(Cl)cc1-c1ccn(C(Cc2ccc(F)cc2)c2nnc(-c3ccc(F)cc3)o2)c(=O)c1. The fourth-order valence-electron chi connectivity index (χ4n) is 4.24. The van der Waals surface area contributed by atoms with Crippen molar-refractivity contribution in [3.63, 3.8) is 0 Å². The predicted octanol–water partition coefficient (Wildman–Crippen LogP) is 4.91. The zero-order valence-electron chi connectivity index (χ0n) is 20.8. The number of hydrogen-bond acceptors (Lipinski definition) is 7. The van der Waals surface area contributed by atoms with Gasteiger partial charge in [-0.3, -0.25) is 9.80 Å². The number of nitrogens with zero attached hydrogens (tertiary/aromatic N) is 5. The Morgan fingerprint density at radius 3 is 2.35 bits per heavy atom. The summed E-state index contributed by atoms with van der Waals surface area (Å²) in [6.45, 7) is 0. The average Bonchev–Trinajstić information content (AvgIpc) is 3.43. The minimum atomic E-state index is -0.733. The summed E-state index contributed by atoms with van der Waals surface area (Å²) in [5.41, 5.74) is 2.50. The van der Waals surface area contributed by atoms with Crippen LogP contribution in [0.2, 0.25) is 5.02 Å². The number of hydrogen-bond donors (Lipinski definition) is 2. The van der Waals surface area contributed by atoms with Crippen molar-refractivity contribution in [2.45, 2.75) is 12.5 Å². The van der Waals surface area contributed by atoms with Crippen LogP contribution in [0.1, 0.15) is 17.5 Å². The summed E-state index contributed by atoms with van der Waals surface area (Å²) in [7, 11) is 0. The van der Waals surface area contributed by atoms with Crippen LogP contribution >= 0.6 is 11.6 Å². The molecule has 1 unspecified atom stereocenters. The molecule has 1 atom stereocenters. The van der Waals surface area contributed by atoms with Crippen LogP contribution in [0.25, 0.3) is 22.6 Å². The second-order valence-corrected chi connectivity index (χ2v) is 9.23. The summed E-state index contributed by atoms with van der Waals surface area (Å²) in [5, 5.41) is 13.4. The highest BCUT2D eigenvalue weighted by atomic mass is 35.5. The molecule has 0 aliphatic carbocycles. The van der Waals surface area contributed by atoms with E-state index in [0.717, 1.165) is 5.56 Å². The van der Waals surface area contributed by atoms with Gasteiger partial charge in [-0.05, 0) is 71.8 Å². The van der Waals surface area contributed by atoms with Crippen molar-refractivity contribution in [2.75, 3.05) is 5.01 Å². The van der Waals surface area contributed by atoms with Gasteiger partial charge in [0.1, 0.15) is 24.0 Å². The molecule has 2 heterocycles. The molecule has 4 N–H and O–H groups in total. The molecular formula is C28H22ClF2N7O2. The predicted molar refractivity (Wildman–Crippen MR) is 148 cm³/mol. The molecule has 0 fully saturated rings. The van der Waals surface area contributed by atoms with Crippen molar-refractivity contribution in [3.8, 4) is 22.6 Å². The minimum Gasteiger partial charge on any atom is -0.418 e. The van der Waals surface area contributed by atoms with E-state index < -0.39 is 11.9 Å². The second kappa shape index (κ2) is 11.5. The molecule has 0 bridgehead atoms. The first-order valence-corrected chi connectivity index (χ1v) is 12.3. The number of nitrogens with two attached hydrogens (primary N) is 2. The van der Waals surface area contributed by atoms with Crippen molar-refractivity contribution in [2.24, 2.45) is 16.8 Å². The Labute approximate surface area is 231 Å². The van der Waals surface area contributed by atoms with Crippen molar-refractivity contribution in [1.29, 1.82) is 0 Å². The van der Waals surface area contributed by atoms with E-state index in [0.29, 0.717) is 27.4 Å². The van der Waals surface area contributed by atoms with Gasteiger partial charge in [0.05, 0.1) is 5.69 Å². The zero-order chi connectivity index (χ0) is 28.2. The van der Waals surface area contributed by atoms with Crippen molar-refractivity contribution >= 4 is 23.6 Å². The van der Waals surface area contributed by atoms with E-state index in [-0.39, 0.29) is 29.6 Å². The Morgan fingerprint density at radius 2 is 1.68 bits per heavy atom. The van der Waals surface area contributed by atoms with Gasteiger partial charge in [-0.1, -0.05) is 23.7 Å². The van der Waals surface area contributed by atoms with Gasteiger partial charge >= 0.3 is 0 Å². The third-order valence-electron chi connectivity index (χ3n) is 6.18. The lowest BCUT2D eigenvalue weighted by molar-refractivity contribution is 0.410. The molecule has 40 heavy (non-hydrogen) atoms. The molecular weight excluding hydrogens is 540 g/mol. The van der Waals surface area contributed by atoms with Crippen LogP contribution in [-0.4, -0.2) is 21.1 Å². The Bertz CT molecular complexity index is 1720. The maximum absolute atomic E-state index is 13.6. The lowest BCUT2D eigenvalue weighted by Gasteiger charge is -2.19. The monoisotopic (exact) mass is 561 g/mol. The van der Waals surface area contributed by atoms with Crippen molar-refractivity contribution in [1.82, 2.24) is 14.8 Å². The van der Waals surface area contributed by atoms with Gasteiger partial charge < -0.3 is 14.8 Å². The van der Waals surface area contributed by atoms with Crippen LogP contribution in [0.5, 0.6) is 0 Å². The number of halogens is 3. The van der Waals surface area contributed by atoms with E-state index in [9.17, 15) is 13.6 Å². The smallest absolute Gasteiger partial charge is 0.251 e. The quantitative estimate of drug-likeness (QED) is 0.119. The van der Waals surface area contributed by atoms with Gasteiger partial charge in [0.15, 0.2) is 0 Å². The Morgan fingerprint density at radius 1 is 0.975 bits per heavy atom. The molecule has 5 rings (SSSR count). The number of pyridine rings is 1. The molecule has 0 saturated carbocycles. The number of benzene rings is 3. The van der Waals surface area contributed by atoms with E-state index in [1.165, 1.54) is 58.4 Å². The van der Waals surface area contributed by atoms with E-state index in [1.807, 2.05) is 0 Å². The van der Waals surface area contributed by atoms with Crippen molar-refractivity contribution < 1.29 is 13.2 Å². The molecule has 0 saturated heterocycles. The Hall–Kier alpha value is -4.87. The van der Waals surface area contributed by atoms with E-state index in [2.05, 4.69) is 15.3 Å². The van der Waals surface area contributed by atoms with Gasteiger partial charge in [0.25, 0.3) is 5.56 Å². The fourth-order valence-corrected chi connectivity index (χ4v) is 4.41. The van der Waals surface area contributed by atoms with Crippen LogP contribution in [0.4, 0.5) is 14.5 Å². The highest BCUT2D eigenvalue weighted by Gasteiger charge is 2.24. The first-order valence-electron chi connectivity index (χ1n) is 12.0. The molecule has 9 nitrogen and oxygen atoms in total. The summed E-state index contributed by atoms with van der Waals surface area (Å²) in [4.78, 5) is 13.5. The van der Waals surface area contributed by atoms with E-state index in [4.69, 9.17) is 27.7 Å². The molecule has 0 radical (unpaired) electrons. The van der Waals surface area contributed by atoms with Crippen LogP contribution in [-0.2, 0) is 6.42 Å². The highest BCUT2D eigenvalue weighted by Crippen LogP contribution is 2.32. The average molecular weight is 562 g/mol. The topological polar surface area (TPSA) is 129 Å². The molecule has 0 aliphatic rings. The number of aromatic nitrogens is 3. The molecule has 3 aromatic carbocycles. The van der Waals surface area contributed by atoms with Crippen LogP contribution in [0.3, 0.4) is 0 Å². The zero-order valence-corrected chi connectivity index (χ0v) is 21.5. The molecule has 12 heteroatoms. The summed E-state index contributed by atoms with van der Waals surface area (Å²) in [6, 6.07) is 18.9. The highest BCUT2D eigenvalue weighted by molar-refractivity contribution is 6.31. The Balaban J connectivity index is 1.57. The lowest BCUT2D eigenvalue weighted by Crippen LogP contribution is -2.30. The van der Waals surface area contributed by atoms with E-state index >= 15 is 0 Å². The van der Waals surface area contributed by atoms with Gasteiger partial charge in [-0.25, -0.2) is 14.6 Å². The Kier molecular flexibility index (Phi) is 7.67.